The second-order valence-electron chi connectivity index (χ2n) is 7.06. The summed E-state index contributed by atoms with van der Waals surface area (Å²) >= 11 is 0. The zero-order chi connectivity index (χ0) is 21.5. The van der Waals surface area contributed by atoms with Crippen LogP contribution in [0.25, 0.3) is 11.2 Å². The third-order valence-electron chi connectivity index (χ3n) is 4.90. The Morgan fingerprint density at radius 3 is 2.60 bits per heavy atom. The normalized spacial score (nSPS) is 24.5. The monoisotopic (exact) mass is 435 g/mol. The second-order valence-corrected chi connectivity index (χ2v) is 9.08. The van der Waals surface area contributed by atoms with Crippen molar-refractivity contribution < 1.29 is 28.1 Å². The molecule has 0 amide bonds. The van der Waals surface area contributed by atoms with Gasteiger partial charge in [0.2, 0.25) is 0 Å². The Hall–Kier alpha value is -2.64. The van der Waals surface area contributed by atoms with Crippen molar-refractivity contribution >= 4 is 26.8 Å². The average molecular weight is 435 g/mol. The number of hydrogen-bond donors (Lipinski definition) is 3. The van der Waals surface area contributed by atoms with Crippen molar-refractivity contribution in [2.45, 2.75) is 36.0 Å². The van der Waals surface area contributed by atoms with Crippen LogP contribution in [0.4, 0.5) is 5.82 Å². The van der Waals surface area contributed by atoms with E-state index in [0.29, 0.717) is 11.2 Å². The summed E-state index contributed by atoms with van der Waals surface area (Å²) in [5.41, 5.74) is 7.30. The van der Waals surface area contributed by atoms with Gasteiger partial charge in [-0.05, 0) is 17.7 Å². The number of hydrogen-bond acceptors (Lipinski definition) is 10. The summed E-state index contributed by atoms with van der Waals surface area (Å²) in [4.78, 5) is 12.4. The largest absolute Gasteiger partial charge is 0.387 e. The van der Waals surface area contributed by atoms with Crippen LogP contribution in [0.2, 0.25) is 0 Å². The minimum Gasteiger partial charge on any atom is -0.387 e. The number of rotatable bonds is 6. The molecule has 0 saturated carbocycles. The lowest BCUT2D eigenvalue weighted by atomic mass is 10.1. The average Bonchev–Trinajstić information content (AvgIpc) is 3.25. The van der Waals surface area contributed by atoms with Crippen LogP contribution in [0, 0.1) is 0 Å². The third-order valence-corrected chi connectivity index (χ3v) is 6.03. The smallest absolute Gasteiger partial charge is 0.175 e. The molecule has 0 radical (unpaired) electrons. The Balaban J connectivity index is 1.40. The van der Waals surface area contributed by atoms with Crippen LogP contribution in [0.5, 0.6) is 0 Å². The number of fused-ring (bicyclic) bond motifs is 1. The van der Waals surface area contributed by atoms with E-state index in [0.717, 1.165) is 11.8 Å². The highest BCUT2D eigenvalue weighted by Crippen LogP contribution is 2.32. The zero-order valence-corrected chi connectivity index (χ0v) is 16.8. The number of ether oxygens (including phenoxy) is 2. The van der Waals surface area contributed by atoms with Crippen LogP contribution >= 0.6 is 0 Å². The van der Waals surface area contributed by atoms with E-state index in [-0.39, 0.29) is 23.9 Å². The van der Waals surface area contributed by atoms with Gasteiger partial charge in [-0.1, -0.05) is 12.1 Å². The van der Waals surface area contributed by atoms with Crippen molar-refractivity contribution in [1.29, 1.82) is 0 Å². The quantitative estimate of drug-likeness (QED) is 0.466. The molecule has 2 aromatic heterocycles. The van der Waals surface area contributed by atoms with Gasteiger partial charge < -0.3 is 25.4 Å². The Kier molecular flexibility index (Phi) is 5.42. The molecule has 30 heavy (non-hydrogen) atoms. The summed E-state index contributed by atoms with van der Waals surface area (Å²) in [7, 11) is -3.26. The van der Waals surface area contributed by atoms with E-state index in [4.69, 9.17) is 15.2 Å². The molecule has 1 aliphatic rings. The number of anilines is 1. The molecule has 4 N–H and O–H groups in total. The Morgan fingerprint density at radius 2 is 1.90 bits per heavy atom. The number of aromatic nitrogens is 4. The number of benzene rings is 1. The predicted molar refractivity (Wildman–Crippen MR) is 105 cm³/mol. The molecule has 0 aliphatic carbocycles. The van der Waals surface area contributed by atoms with Crippen LogP contribution in [-0.2, 0) is 25.9 Å². The second kappa shape index (κ2) is 7.89. The highest BCUT2D eigenvalue weighted by Gasteiger charge is 2.44. The molecule has 4 atom stereocenters. The molecule has 0 bridgehead atoms. The summed E-state index contributed by atoms with van der Waals surface area (Å²) in [5, 5.41) is 20.8. The number of nitrogens with zero attached hydrogens (tertiary/aromatic N) is 4. The van der Waals surface area contributed by atoms with E-state index < -0.39 is 34.4 Å². The molecule has 1 aromatic carbocycles. The number of aliphatic hydroxyl groups is 2. The van der Waals surface area contributed by atoms with Gasteiger partial charge in [0.15, 0.2) is 27.5 Å². The van der Waals surface area contributed by atoms with Gasteiger partial charge in [-0.2, -0.15) is 0 Å². The van der Waals surface area contributed by atoms with Crippen LogP contribution in [0.1, 0.15) is 11.8 Å². The Morgan fingerprint density at radius 1 is 1.17 bits per heavy atom. The van der Waals surface area contributed by atoms with Gasteiger partial charge in [0.1, 0.15) is 30.2 Å². The lowest BCUT2D eigenvalue weighted by Crippen LogP contribution is -2.33. The van der Waals surface area contributed by atoms with Crippen molar-refractivity contribution in [3.63, 3.8) is 0 Å². The van der Waals surface area contributed by atoms with E-state index in [1.807, 2.05) is 0 Å². The fraction of sp³-hybridized carbons (Fsp3) is 0.389. The number of nitrogens with two attached hydrogens (primary N) is 1. The Labute approximate surface area is 172 Å². The third kappa shape index (κ3) is 3.87. The van der Waals surface area contributed by atoms with Gasteiger partial charge in [0, 0.05) is 6.26 Å². The first-order chi connectivity index (χ1) is 14.3. The van der Waals surface area contributed by atoms with Crippen LogP contribution < -0.4 is 5.73 Å². The van der Waals surface area contributed by atoms with Crippen molar-refractivity contribution in [3.8, 4) is 0 Å². The standard InChI is InChI=1S/C18H21N5O6S/c1-30(26,27)11-4-2-10(3-5-11)6-28-7-12-14(24)15(25)18(29-12)23-9-22-13-16(19)20-8-21-17(13)23/h2-5,8-9,12,14-15,18,24-25H,6-7H2,1H3,(H2,19,20,21)/t12?,14-,15-,18?/m1/s1. The maximum absolute atomic E-state index is 11.5. The molecule has 4 rings (SSSR count). The van der Waals surface area contributed by atoms with Crippen molar-refractivity contribution in [2.24, 2.45) is 0 Å². The summed E-state index contributed by atoms with van der Waals surface area (Å²) in [6.07, 6.45) is -0.256. The maximum Gasteiger partial charge on any atom is 0.175 e. The molecule has 12 heteroatoms. The van der Waals surface area contributed by atoms with E-state index in [9.17, 15) is 18.6 Å². The molecule has 1 aliphatic heterocycles. The van der Waals surface area contributed by atoms with Gasteiger partial charge >= 0.3 is 0 Å². The molecule has 0 spiro atoms. The molecule has 2 unspecified atom stereocenters. The summed E-state index contributed by atoms with van der Waals surface area (Å²) in [6.45, 7) is 0.210. The maximum atomic E-state index is 11.5. The molecule has 1 fully saturated rings. The number of nitrogen functional groups attached to an aromatic ring is 1. The first-order valence-corrected chi connectivity index (χ1v) is 11.0. The summed E-state index contributed by atoms with van der Waals surface area (Å²) in [5.74, 6) is 0.202. The van der Waals surface area contributed by atoms with E-state index in [1.165, 1.54) is 29.4 Å². The van der Waals surface area contributed by atoms with Gasteiger partial charge in [-0.3, -0.25) is 4.57 Å². The highest BCUT2D eigenvalue weighted by molar-refractivity contribution is 7.90. The minimum absolute atomic E-state index is 0.0201. The van der Waals surface area contributed by atoms with Gasteiger partial charge in [-0.25, -0.2) is 23.4 Å². The number of imidazole rings is 1. The lowest BCUT2D eigenvalue weighted by Gasteiger charge is -2.16. The topological polar surface area (TPSA) is 163 Å². The zero-order valence-electron chi connectivity index (χ0n) is 16.0. The highest BCUT2D eigenvalue weighted by atomic mass is 32.2. The fourth-order valence-electron chi connectivity index (χ4n) is 3.28. The number of sulfone groups is 1. The van der Waals surface area contributed by atoms with Crippen molar-refractivity contribution in [2.75, 3.05) is 18.6 Å². The molecule has 11 nitrogen and oxygen atoms in total. The van der Waals surface area contributed by atoms with E-state index >= 15 is 0 Å². The minimum atomic E-state index is -3.26. The SMILES string of the molecule is CS(=O)(=O)c1ccc(COCC2OC(n3cnc4c(N)ncnc43)[C@H](O)[C@@H]2O)cc1. The lowest BCUT2D eigenvalue weighted by molar-refractivity contribution is -0.0682. The van der Waals surface area contributed by atoms with Crippen LogP contribution in [0.15, 0.2) is 41.8 Å². The van der Waals surface area contributed by atoms with Gasteiger partial charge in [0.05, 0.1) is 24.4 Å². The number of aliphatic hydroxyl groups excluding tert-OH is 2. The molecular formula is C18H21N5O6S. The van der Waals surface area contributed by atoms with Crippen LogP contribution in [0.3, 0.4) is 0 Å². The van der Waals surface area contributed by atoms with Gasteiger partial charge in [-0.15, -0.1) is 0 Å². The first kappa shape index (κ1) is 20.6. The predicted octanol–water partition coefficient (Wildman–Crippen LogP) is -0.352. The first-order valence-electron chi connectivity index (χ1n) is 9.07. The van der Waals surface area contributed by atoms with Gasteiger partial charge in [0.25, 0.3) is 0 Å². The Bertz CT molecular complexity index is 1150. The molecule has 3 heterocycles. The summed E-state index contributed by atoms with van der Waals surface area (Å²) in [6, 6.07) is 6.32. The van der Waals surface area contributed by atoms with Crippen molar-refractivity contribution in [1.82, 2.24) is 19.5 Å². The fourth-order valence-corrected chi connectivity index (χ4v) is 3.91. The van der Waals surface area contributed by atoms with E-state index in [2.05, 4.69) is 15.0 Å². The van der Waals surface area contributed by atoms with Crippen molar-refractivity contribution in [3.05, 3.63) is 42.5 Å². The summed E-state index contributed by atoms with van der Waals surface area (Å²) < 4.78 is 35.9. The molecular weight excluding hydrogens is 414 g/mol. The van der Waals surface area contributed by atoms with E-state index in [1.54, 1.807) is 12.1 Å². The molecule has 160 valence electrons. The molecule has 1 saturated heterocycles. The molecule has 3 aromatic rings. The van der Waals surface area contributed by atoms with Crippen LogP contribution in [-0.4, -0.2) is 69.3 Å².